The molecule has 0 fully saturated rings. The molecule has 0 aliphatic carbocycles. The summed E-state index contributed by atoms with van der Waals surface area (Å²) in [5, 5.41) is 3.98. The number of ether oxygens (including phenoxy) is 1. The molecule has 1 heterocycles. The predicted octanol–water partition coefficient (Wildman–Crippen LogP) is 2.18. The third-order valence-electron chi connectivity index (χ3n) is 3.19. The van der Waals surface area contributed by atoms with Gasteiger partial charge in [-0.15, -0.1) is 0 Å². The van der Waals surface area contributed by atoms with Crippen molar-refractivity contribution in [2.45, 2.75) is 32.7 Å². The molecule has 5 heteroatoms. The van der Waals surface area contributed by atoms with Crippen molar-refractivity contribution in [1.29, 1.82) is 0 Å². The Labute approximate surface area is 119 Å². The second kappa shape index (κ2) is 6.15. The lowest BCUT2D eigenvalue weighted by Crippen LogP contribution is -2.39. The molecule has 0 aliphatic rings. The first-order chi connectivity index (χ1) is 9.53. The predicted molar refractivity (Wildman–Crippen MR) is 76.3 cm³/mol. The molecule has 2 N–H and O–H groups in total. The highest BCUT2D eigenvalue weighted by atomic mass is 16.5. The van der Waals surface area contributed by atoms with E-state index in [9.17, 15) is 0 Å². The van der Waals surface area contributed by atoms with Gasteiger partial charge in [0.25, 0.3) is 0 Å². The van der Waals surface area contributed by atoms with E-state index in [1.54, 1.807) is 0 Å². The van der Waals surface area contributed by atoms with Crippen LogP contribution in [0.2, 0.25) is 0 Å². The molecule has 1 aromatic heterocycles. The van der Waals surface area contributed by atoms with E-state index < -0.39 is 5.54 Å². The quantitative estimate of drug-likeness (QED) is 0.874. The van der Waals surface area contributed by atoms with Gasteiger partial charge in [-0.05, 0) is 31.9 Å². The maximum atomic E-state index is 6.15. The molecular weight excluding hydrogens is 254 g/mol. The van der Waals surface area contributed by atoms with Gasteiger partial charge in [-0.3, -0.25) is 0 Å². The fourth-order valence-electron chi connectivity index (χ4n) is 1.91. The Bertz CT molecular complexity index is 564. The van der Waals surface area contributed by atoms with Crippen molar-refractivity contribution in [1.82, 2.24) is 10.1 Å². The van der Waals surface area contributed by atoms with Crippen LogP contribution in [0.25, 0.3) is 0 Å². The fraction of sp³-hybridized carbons (Fsp3) is 0.467. The SMILES string of the molecule is CCOCC(C)(N)c1noc(Cc2ccccc2C)n1. The Kier molecular flexibility index (Phi) is 4.52. The molecular formula is C15H21N3O2. The summed E-state index contributed by atoms with van der Waals surface area (Å²) >= 11 is 0. The Morgan fingerprint density at radius 3 is 2.80 bits per heavy atom. The third-order valence-corrected chi connectivity index (χ3v) is 3.19. The van der Waals surface area contributed by atoms with Gasteiger partial charge in [-0.25, -0.2) is 0 Å². The van der Waals surface area contributed by atoms with Gasteiger partial charge in [-0.2, -0.15) is 4.98 Å². The molecule has 20 heavy (non-hydrogen) atoms. The van der Waals surface area contributed by atoms with Crippen molar-refractivity contribution < 1.29 is 9.26 Å². The minimum Gasteiger partial charge on any atom is -0.379 e. The van der Waals surface area contributed by atoms with Gasteiger partial charge in [0.1, 0.15) is 5.54 Å². The highest BCUT2D eigenvalue weighted by Crippen LogP contribution is 2.17. The molecule has 0 aliphatic heterocycles. The summed E-state index contributed by atoms with van der Waals surface area (Å²) in [5.74, 6) is 1.05. The first-order valence-electron chi connectivity index (χ1n) is 6.77. The zero-order valence-electron chi connectivity index (χ0n) is 12.2. The van der Waals surface area contributed by atoms with E-state index in [4.69, 9.17) is 15.0 Å². The summed E-state index contributed by atoms with van der Waals surface area (Å²) in [6.45, 7) is 6.81. The standard InChI is InChI=1S/C15H21N3O2/c1-4-19-10-15(3,16)14-17-13(20-18-14)9-12-8-6-5-7-11(12)2/h5-8H,4,9-10,16H2,1-3H3. The maximum Gasteiger partial charge on any atom is 0.231 e. The van der Waals surface area contributed by atoms with Crippen LogP contribution in [0.15, 0.2) is 28.8 Å². The van der Waals surface area contributed by atoms with Crippen LogP contribution in [0, 0.1) is 6.92 Å². The first kappa shape index (κ1) is 14.7. The molecule has 1 unspecified atom stereocenters. The van der Waals surface area contributed by atoms with E-state index >= 15 is 0 Å². The Hall–Kier alpha value is -1.72. The monoisotopic (exact) mass is 275 g/mol. The molecule has 0 radical (unpaired) electrons. The highest BCUT2D eigenvalue weighted by Gasteiger charge is 2.27. The summed E-state index contributed by atoms with van der Waals surface area (Å²) in [4.78, 5) is 4.39. The fourth-order valence-corrected chi connectivity index (χ4v) is 1.91. The molecule has 1 atom stereocenters. The Morgan fingerprint density at radius 2 is 2.10 bits per heavy atom. The summed E-state index contributed by atoms with van der Waals surface area (Å²) in [6, 6.07) is 8.13. The van der Waals surface area contributed by atoms with Crippen molar-refractivity contribution in [3.8, 4) is 0 Å². The summed E-state index contributed by atoms with van der Waals surface area (Å²) in [5.41, 5.74) is 7.80. The number of aryl methyl sites for hydroxylation is 1. The second-order valence-corrected chi connectivity index (χ2v) is 5.17. The van der Waals surface area contributed by atoms with Crippen molar-refractivity contribution in [2.24, 2.45) is 5.73 Å². The molecule has 1 aromatic carbocycles. The summed E-state index contributed by atoms with van der Waals surface area (Å²) < 4.78 is 10.6. The number of aromatic nitrogens is 2. The maximum absolute atomic E-state index is 6.15. The molecule has 2 aromatic rings. The third kappa shape index (κ3) is 3.43. The van der Waals surface area contributed by atoms with Crippen LogP contribution in [0.4, 0.5) is 0 Å². The van der Waals surface area contributed by atoms with Crippen molar-refractivity contribution in [3.05, 3.63) is 47.1 Å². The zero-order chi connectivity index (χ0) is 14.6. The van der Waals surface area contributed by atoms with Gasteiger partial charge in [-0.1, -0.05) is 29.4 Å². The van der Waals surface area contributed by atoms with Gasteiger partial charge in [0.15, 0.2) is 5.82 Å². The number of nitrogens with zero attached hydrogens (tertiary/aromatic N) is 2. The van der Waals surface area contributed by atoms with E-state index in [-0.39, 0.29) is 0 Å². The smallest absolute Gasteiger partial charge is 0.231 e. The van der Waals surface area contributed by atoms with E-state index in [0.717, 1.165) is 0 Å². The minimum absolute atomic E-state index is 0.368. The van der Waals surface area contributed by atoms with Gasteiger partial charge in [0.05, 0.1) is 13.0 Å². The molecule has 0 saturated heterocycles. The van der Waals surface area contributed by atoms with Crippen LogP contribution >= 0.6 is 0 Å². The summed E-state index contributed by atoms with van der Waals surface area (Å²) in [7, 11) is 0. The molecule has 2 rings (SSSR count). The molecule has 108 valence electrons. The van der Waals surface area contributed by atoms with Crippen LogP contribution in [-0.2, 0) is 16.7 Å². The number of rotatable bonds is 6. The van der Waals surface area contributed by atoms with Crippen LogP contribution in [0.3, 0.4) is 0 Å². The highest BCUT2D eigenvalue weighted by molar-refractivity contribution is 5.27. The molecule has 0 amide bonds. The largest absolute Gasteiger partial charge is 0.379 e. The van der Waals surface area contributed by atoms with Crippen LogP contribution in [0.1, 0.15) is 36.7 Å². The topological polar surface area (TPSA) is 74.2 Å². The zero-order valence-corrected chi connectivity index (χ0v) is 12.2. The van der Waals surface area contributed by atoms with E-state index in [1.807, 2.05) is 26.0 Å². The van der Waals surface area contributed by atoms with Crippen LogP contribution < -0.4 is 5.73 Å². The lowest BCUT2D eigenvalue weighted by atomic mass is 10.0. The average molecular weight is 275 g/mol. The molecule has 0 saturated carbocycles. The minimum atomic E-state index is -0.733. The number of hydrogen-bond acceptors (Lipinski definition) is 5. The number of benzene rings is 1. The van der Waals surface area contributed by atoms with Crippen LogP contribution in [-0.4, -0.2) is 23.4 Å². The van der Waals surface area contributed by atoms with Crippen LogP contribution in [0.5, 0.6) is 0 Å². The van der Waals surface area contributed by atoms with Gasteiger partial charge < -0.3 is 15.0 Å². The van der Waals surface area contributed by atoms with Gasteiger partial charge in [0.2, 0.25) is 5.89 Å². The lowest BCUT2D eigenvalue weighted by molar-refractivity contribution is 0.0962. The summed E-state index contributed by atoms with van der Waals surface area (Å²) in [6.07, 6.45) is 0.615. The normalized spacial score (nSPS) is 14.2. The second-order valence-electron chi connectivity index (χ2n) is 5.17. The Morgan fingerprint density at radius 1 is 1.35 bits per heavy atom. The van der Waals surface area contributed by atoms with Crippen molar-refractivity contribution in [3.63, 3.8) is 0 Å². The molecule has 0 bridgehead atoms. The van der Waals surface area contributed by atoms with Crippen molar-refractivity contribution in [2.75, 3.05) is 13.2 Å². The lowest BCUT2D eigenvalue weighted by Gasteiger charge is -2.19. The molecule has 5 nitrogen and oxygen atoms in total. The number of nitrogens with two attached hydrogens (primary N) is 1. The van der Waals surface area contributed by atoms with Gasteiger partial charge in [0, 0.05) is 6.61 Å². The van der Waals surface area contributed by atoms with E-state index in [1.165, 1.54) is 11.1 Å². The Balaban J connectivity index is 2.11. The molecule has 0 spiro atoms. The van der Waals surface area contributed by atoms with E-state index in [0.29, 0.717) is 31.3 Å². The number of hydrogen-bond donors (Lipinski definition) is 1. The average Bonchev–Trinajstić information content (AvgIpc) is 2.89. The van der Waals surface area contributed by atoms with E-state index in [2.05, 4.69) is 29.2 Å². The van der Waals surface area contributed by atoms with Crippen molar-refractivity contribution >= 4 is 0 Å². The van der Waals surface area contributed by atoms with Gasteiger partial charge >= 0.3 is 0 Å². The first-order valence-corrected chi connectivity index (χ1v) is 6.77.